The normalized spacial score (nSPS) is 15.2. The van der Waals surface area contributed by atoms with Crippen molar-refractivity contribution in [2.24, 2.45) is 4.99 Å². The van der Waals surface area contributed by atoms with Crippen molar-refractivity contribution in [2.45, 2.75) is 5.75 Å². The van der Waals surface area contributed by atoms with E-state index in [0.29, 0.717) is 22.3 Å². The van der Waals surface area contributed by atoms with Gasteiger partial charge in [-0.3, -0.25) is 9.69 Å². The first-order valence-electron chi connectivity index (χ1n) is 8.83. The van der Waals surface area contributed by atoms with E-state index in [-0.39, 0.29) is 11.7 Å². The van der Waals surface area contributed by atoms with Gasteiger partial charge in [-0.05, 0) is 41.5 Å². The molecule has 0 fully saturated rings. The van der Waals surface area contributed by atoms with Crippen LogP contribution >= 0.6 is 11.8 Å². The van der Waals surface area contributed by atoms with Gasteiger partial charge in [-0.25, -0.2) is 9.38 Å². The molecule has 3 aromatic carbocycles. The molecule has 0 aromatic heterocycles. The summed E-state index contributed by atoms with van der Waals surface area (Å²) in [5.41, 5.74) is 3.01. The number of hydrogen-bond acceptors (Lipinski definition) is 3. The van der Waals surface area contributed by atoms with E-state index in [0.717, 1.165) is 11.1 Å². The van der Waals surface area contributed by atoms with Crippen molar-refractivity contribution in [3.05, 3.63) is 108 Å². The fourth-order valence-electron chi connectivity index (χ4n) is 2.84. The Bertz CT molecular complexity index is 1030. The molecule has 5 heteroatoms. The molecular weight excluding hydrogens is 371 g/mol. The second kappa shape index (κ2) is 8.23. The van der Waals surface area contributed by atoms with Gasteiger partial charge in [0.15, 0.2) is 5.17 Å². The predicted octanol–water partition coefficient (Wildman–Crippen LogP) is 5.50. The predicted molar refractivity (Wildman–Crippen MR) is 113 cm³/mol. The maximum Gasteiger partial charge on any atom is 0.283 e. The number of thioether (sulfide) groups is 1. The van der Waals surface area contributed by atoms with Gasteiger partial charge < -0.3 is 0 Å². The van der Waals surface area contributed by atoms with Crippen LogP contribution in [0.3, 0.4) is 0 Å². The van der Waals surface area contributed by atoms with Crippen molar-refractivity contribution in [2.75, 3.05) is 4.90 Å². The highest BCUT2D eigenvalue weighted by atomic mass is 32.2. The number of hydrogen-bond donors (Lipinski definition) is 0. The largest absolute Gasteiger partial charge is 0.283 e. The topological polar surface area (TPSA) is 32.7 Å². The number of halogens is 1. The van der Waals surface area contributed by atoms with Gasteiger partial charge in [0.1, 0.15) is 11.5 Å². The van der Waals surface area contributed by atoms with Crippen molar-refractivity contribution in [1.82, 2.24) is 0 Å². The van der Waals surface area contributed by atoms with Gasteiger partial charge in [-0.2, -0.15) is 0 Å². The third-order valence-electron chi connectivity index (χ3n) is 4.23. The second-order valence-corrected chi connectivity index (χ2v) is 7.17. The minimum atomic E-state index is -0.342. The van der Waals surface area contributed by atoms with E-state index in [1.807, 2.05) is 60.7 Å². The lowest BCUT2D eigenvalue weighted by atomic mass is 10.2. The Morgan fingerprint density at radius 1 is 0.893 bits per heavy atom. The summed E-state index contributed by atoms with van der Waals surface area (Å²) in [4.78, 5) is 19.2. The first kappa shape index (κ1) is 18.2. The Morgan fingerprint density at radius 3 is 2.21 bits per heavy atom. The molecule has 28 heavy (non-hydrogen) atoms. The standard InChI is InChI=1S/C23H17FN2OS/c24-19-11-13-20(14-12-19)26-22(27)21(15-17-7-3-1-4-8-17)25-23(26)28-16-18-9-5-2-6-10-18/h1-15H,16H2/b21-15+. The smallest absolute Gasteiger partial charge is 0.266 e. The zero-order valence-corrected chi connectivity index (χ0v) is 15.8. The Kier molecular flexibility index (Phi) is 5.35. The van der Waals surface area contributed by atoms with Gasteiger partial charge in [0.05, 0.1) is 5.69 Å². The number of amides is 1. The van der Waals surface area contributed by atoms with Crippen LogP contribution in [0.1, 0.15) is 11.1 Å². The average molecular weight is 388 g/mol. The number of benzene rings is 3. The van der Waals surface area contributed by atoms with Crippen LogP contribution in [0.2, 0.25) is 0 Å². The summed E-state index contributed by atoms with van der Waals surface area (Å²) in [6.45, 7) is 0. The second-order valence-electron chi connectivity index (χ2n) is 6.23. The minimum Gasteiger partial charge on any atom is -0.266 e. The van der Waals surface area contributed by atoms with Gasteiger partial charge in [-0.15, -0.1) is 0 Å². The van der Waals surface area contributed by atoms with E-state index in [1.165, 1.54) is 23.9 Å². The van der Waals surface area contributed by atoms with Crippen molar-refractivity contribution in [3.63, 3.8) is 0 Å². The van der Waals surface area contributed by atoms with Crippen LogP contribution in [0, 0.1) is 5.82 Å². The first-order valence-corrected chi connectivity index (χ1v) is 9.81. The summed E-state index contributed by atoms with van der Waals surface area (Å²) in [5, 5.41) is 0.586. The summed E-state index contributed by atoms with van der Waals surface area (Å²) >= 11 is 1.48. The zero-order chi connectivity index (χ0) is 19.3. The Balaban J connectivity index is 1.66. The molecule has 0 saturated carbocycles. The van der Waals surface area contributed by atoms with Crippen molar-refractivity contribution in [3.8, 4) is 0 Å². The molecule has 0 unspecified atom stereocenters. The Morgan fingerprint density at radius 2 is 1.54 bits per heavy atom. The molecule has 3 nitrogen and oxygen atoms in total. The van der Waals surface area contributed by atoms with Crippen LogP contribution < -0.4 is 4.90 Å². The van der Waals surface area contributed by atoms with Gasteiger partial charge in [0.25, 0.3) is 5.91 Å². The molecule has 3 aromatic rings. The van der Waals surface area contributed by atoms with E-state index < -0.39 is 0 Å². The zero-order valence-electron chi connectivity index (χ0n) is 15.0. The van der Waals surface area contributed by atoms with E-state index in [2.05, 4.69) is 4.99 Å². The quantitative estimate of drug-likeness (QED) is 0.553. The highest BCUT2D eigenvalue weighted by Crippen LogP contribution is 2.30. The average Bonchev–Trinajstić information content (AvgIpc) is 3.04. The van der Waals surface area contributed by atoms with Crippen LogP contribution in [-0.4, -0.2) is 11.1 Å². The molecule has 4 rings (SSSR count). The first-order chi connectivity index (χ1) is 13.7. The van der Waals surface area contributed by atoms with Gasteiger partial charge in [0.2, 0.25) is 0 Å². The van der Waals surface area contributed by atoms with Gasteiger partial charge >= 0.3 is 0 Å². The molecule has 0 bridgehead atoms. The number of amidine groups is 1. The summed E-state index contributed by atoms with van der Waals surface area (Å²) in [6.07, 6.45) is 1.77. The van der Waals surface area contributed by atoms with E-state index in [9.17, 15) is 9.18 Å². The Labute approximate surface area is 167 Å². The SMILES string of the molecule is O=C1/C(=C\c2ccccc2)N=C(SCc2ccccc2)N1c1ccc(F)cc1. The number of carbonyl (C=O) groups excluding carboxylic acids is 1. The number of carbonyl (C=O) groups is 1. The minimum absolute atomic E-state index is 0.217. The number of aliphatic imine (C=N–C) groups is 1. The fraction of sp³-hybridized carbons (Fsp3) is 0.0435. The fourth-order valence-corrected chi connectivity index (χ4v) is 3.81. The molecule has 0 spiro atoms. The lowest BCUT2D eigenvalue weighted by molar-refractivity contribution is -0.113. The maximum atomic E-state index is 13.4. The maximum absolute atomic E-state index is 13.4. The third kappa shape index (κ3) is 4.05. The molecule has 1 aliphatic heterocycles. The van der Waals surface area contributed by atoms with Crippen molar-refractivity contribution < 1.29 is 9.18 Å². The third-order valence-corrected chi connectivity index (χ3v) is 5.24. The van der Waals surface area contributed by atoms with E-state index >= 15 is 0 Å². The molecule has 0 aliphatic carbocycles. The van der Waals surface area contributed by atoms with Crippen LogP contribution in [-0.2, 0) is 10.5 Å². The van der Waals surface area contributed by atoms with Gasteiger partial charge in [0, 0.05) is 5.75 Å². The molecule has 0 radical (unpaired) electrons. The summed E-state index contributed by atoms with van der Waals surface area (Å²) in [6, 6.07) is 25.5. The van der Waals surface area contributed by atoms with Crippen molar-refractivity contribution >= 4 is 34.6 Å². The van der Waals surface area contributed by atoms with Crippen molar-refractivity contribution in [1.29, 1.82) is 0 Å². The molecule has 0 N–H and O–H groups in total. The lowest BCUT2D eigenvalue weighted by Gasteiger charge is -2.17. The molecule has 1 aliphatic rings. The highest BCUT2D eigenvalue weighted by molar-refractivity contribution is 8.13. The number of anilines is 1. The monoisotopic (exact) mass is 388 g/mol. The molecule has 1 amide bonds. The van der Waals surface area contributed by atoms with Crippen LogP contribution in [0.4, 0.5) is 10.1 Å². The van der Waals surface area contributed by atoms with Gasteiger partial charge in [-0.1, -0.05) is 72.4 Å². The highest BCUT2D eigenvalue weighted by Gasteiger charge is 2.31. The molecule has 0 atom stereocenters. The van der Waals surface area contributed by atoms with Crippen LogP contribution in [0.5, 0.6) is 0 Å². The van der Waals surface area contributed by atoms with Crippen LogP contribution in [0.25, 0.3) is 6.08 Å². The molecule has 0 saturated heterocycles. The van der Waals surface area contributed by atoms with E-state index in [4.69, 9.17) is 0 Å². The number of rotatable bonds is 4. The van der Waals surface area contributed by atoms with E-state index in [1.54, 1.807) is 23.1 Å². The summed E-state index contributed by atoms with van der Waals surface area (Å²) < 4.78 is 13.4. The Hall–Kier alpha value is -3.18. The molecule has 1 heterocycles. The summed E-state index contributed by atoms with van der Waals surface area (Å²) in [7, 11) is 0. The summed E-state index contributed by atoms with van der Waals surface area (Å²) in [5.74, 6) is 0.125. The lowest BCUT2D eigenvalue weighted by Crippen LogP contribution is -2.30. The molecule has 138 valence electrons. The molecular formula is C23H17FN2OS. The number of nitrogens with zero attached hydrogens (tertiary/aromatic N) is 2. The van der Waals surface area contributed by atoms with Crippen LogP contribution in [0.15, 0.2) is 95.6 Å².